The maximum Gasteiger partial charge on any atom is 0.335 e. The van der Waals surface area contributed by atoms with Crippen molar-refractivity contribution in [3.63, 3.8) is 0 Å². The van der Waals surface area contributed by atoms with Gasteiger partial charge in [-0.3, -0.25) is 4.79 Å². The number of ether oxygens (including phenoxy) is 4. The van der Waals surface area contributed by atoms with E-state index in [1.807, 2.05) is 6.92 Å². The van der Waals surface area contributed by atoms with Gasteiger partial charge in [0.05, 0.1) is 37.1 Å². The minimum Gasteiger partial charge on any atom is -0.493 e. The molecule has 0 spiro atoms. The second-order valence-electron chi connectivity index (χ2n) is 7.74. The quantitative estimate of drug-likeness (QED) is 0.224. The topological polar surface area (TPSA) is 116 Å². The zero-order valence-electron chi connectivity index (χ0n) is 20.6. The molecule has 0 bridgehead atoms. The largest absolute Gasteiger partial charge is 0.493 e. The number of nitrogens with zero attached hydrogens (tertiary/aromatic N) is 1. The van der Waals surface area contributed by atoms with Crippen LogP contribution < -0.4 is 24.4 Å². The number of halogens is 1. The summed E-state index contributed by atoms with van der Waals surface area (Å²) in [5.41, 5.74) is 4.53. The Bertz CT molecular complexity index is 1280. The first-order chi connectivity index (χ1) is 17.9. The number of benzene rings is 3. The van der Waals surface area contributed by atoms with E-state index in [0.29, 0.717) is 45.2 Å². The van der Waals surface area contributed by atoms with Crippen LogP contribution in [0.4, 0.5) is 0 Å². The van der Waals surface area contributed by atoms with Crippen molar-refractivity contribution in [2.24, 2.45) is 5.10 Å². The summed E-state index contributed by atoms with van der Waals surface area (Å²) in [4.78, 5) is 23.6. The van der Waals surface area contributed by atoms with Gasteiger partial charge in [0.2, 0.25) is 0 Å². The summed E-state index contributed by atoms with van der Waals surface area (Å²) in [6.07, 6.45) is 2.34. The van der Waals surface area contributed by atoms with Crippen LogP contribution in [0.15, 0.2) is 64.2 Å². The van der Waals surface area contributed by atoms with Crippen LogP contribution in [0.2, 0.25) is 0 Å². The highest BCUT2D eigenvalue weighted by molar-refractivity contribution is 9.10. The van der Waals surface area contributed by atoms with Crippen LogP contribution in [0.5, 0.6) is 23.0 Å². The molecule has 0 saturated heterocycles. The average Bonchev–Trinajstić information content (AvgIpc) is 2.91. The lowest BCUT2D eigenvalue weighted by Gasteiger charge is -2.13. The molecule has 3 aromatic carbocycles. The number of aromatic carboxylic acids is 1. The van der Waals surface area contributed by atoms with E-state index < -0.39 is 11.9 Å². The molecule has 3 rings (SSSR count). The predicted molar refractivity (Wildman–Crippen MR) is 142 cm³/mol. The second-order valence-corrected chi connectivity index (χ2v) is 8.59. The molecule has 0 aromatic heterocycles. The fourth-order valence-electron chi connectivity index (χ4n) is 3.22. The fourth-order valence-corrected chi connectivity index (χ4v) is 3.80. The van der Waals surface area contributed by atoms with Crippen LogP contribution in [0.3, 0.4) is 0 Å². The predicted octanol–water partition coefficient (Wildman–Crippen LogP) is 5.30. The van der Waals surface area contributed by atoms with Crippen LogP contribution >= 0.6 is 15.9 Å². The summed E-state index contributed by atoms with van der Waals surface area (Å²) in [5.74, 6) is 0.574. The number of carbonyl (C=O) groups excluding carboxylic acids is 1. The normalized spacial score (nSPS) is 10.7. The van der Waals surface area contributed by atoms with Gasteiger partial charge >= 0.3 is 5.97 Å². The molecule has 9 nitrogen and oxygen atoms in total. The highest BCUT2D eigenvalue weighted by atomic mass is 79.9. The first-order valence-electron chi connectivity index (χ1n) is 11.3. The van der Waals surface area contributed by atoms with E-state index in [0.717, 1.165) is 12.0 Å². The molecular weight excluding hydrogens is 544 g/mol. The molecule has 0 radical (unpaired) electrons. The number of hydrazone groups is 1. The van der Waals surface area contributed by atoms with Crippen LogP contribution in [0.25, 0.3) is 0 Å². The second kappa shape index (κ2) is 13.3. The number of methoxy groups -OCH3 is 2. The summed E-state index contributed by atoms with van der Waals surface area (Å²) in [6.45, 7) is 2.77. The van der Waals surface area contributed by atoms with Gasteiger partial charge in [-0.05, 0) is 75.9 Å². The standard InChI is InChI=1S/C27H27BrN2O7/c1-4-11-36-22-10-9-20(14-23(22)34-2)26(31)30-29-15-18-12-21(28)25(24(13-18)35-3)37-16-17-5-7-19(8-6-17)27(32)33/h5-10,12-15H,4,11,16H2,1-3H3,(H,30,31)(H,32,33)/b29-15+. The third kappa shape index (κ3) is 7.47. The molecule has 0 aliphatic rings. The average molecular weight is 571 g/mol. The van der Waals surface area contributed by atoms with Crippen LogP contribution in [-0.2, 0) is 6.61 Å². The Morgan fingerprint density at radius 3 is 2.30 bits per heavy atom. The Labute approximate surface area is 223 Å². The number of rotatable bonds is 12. The summed E-state index contributed by atoms with van der Waals surface area (Å²) in [7, 11) is 3.03. The number of carbonyl (C=O) groups is 2. The SMILES string of the molecule is CCCOc1ccc(C(=O)N/N=C/c2cc(Br)c(OCc3ccc(C(=O)O)cc3)c(OC)c2)cc1OC. The lowest BCUT2D eigenvalue weighted by molar-refractivity contribution is 0.0696. The van der Waals surface area contributed by atoms with E-state index in [9.17, 15) is 9.59 Å². The Morgan fingerprint density at radius 1 is 0.946 bits per heavy atom. The highest BCUT2D eigenvalue weighted by Gasteiger charge is 2.13. The Balaban J connectivity index is 1.66. The molecule has 0 aliphatic carbocycles. The van der Waals surface area contributed by atoms with E-state index in [-0.39, 0.29) is 12.2 Å². The first-order valence-corrected chi connectivity index (χ1v) is 12.1. The smallest absolute Gasteiger partial charge is 0.335 e. The Hall–Kier alpha value is -4.05. The minimum absolute atomic E-state index is 0.204. The number of hydrogen-bond donors (Lipinski definition) is 2. The molecule has 0 atom stereocenters. The van der Waals surface area contributed by atoms with Crippen molar-refractivity contribution in [3.8, 4) is 23.0 Å². The zero-order chi connectivity index (χ0) is 26.8. The number of carboxylic acids is 1. The van der Waals surface area contributed by atoms with Crippen LogP contribution in [-0.4, -0.2) is 44.0 Å². The van der Waals surface area contributed by atoms with Crippen molar-refractivity contribution < 1.29 is 33.6 Å². The zero-order valence-corrected chi connectivity index (χ0v) is 22.2. The van der Waals surface area contributed by atoms with Crippen molar-refractivity contribution >= 4 is 34.0 Å². The van der Waals surface area contributed by atoms with Gasteiger partial charge in [0.1, 0.15) is 6.61 Å². The molecule has 2 N–H and O–H groups in total. The molecule has 0 aliphatic heterocycles. The number of nitrogens with one attached hydrogen (secondary N) is 1. The van der Waals surface area contributed by atoms with Gasteiger partial charge in [-0.1, -0.05) is 19.1 Å². The van der Waals surface area contributed by atoms with Crippen LogP contribution in [0, 0.1) is 0 Å². The summed E-state index contributed by atoms with van der Waals surface area (Å²) in [5, 5.41) is 13.1. The van der Waals surface area contributed by atoms with Gasteiger partial charge in [0, 0.05) is 5.56 Å². The minimum atomic E-state index is -0.986. The van der Waals surface area contributed by atoms with Gasteiger partial charge < -0.3 is 24.1 Å². The van der Waals surface area contributed by atoms with E-state index in [1.54, 1.807) is 42.5 Å². The highest BCUT2D eigenvalue weighted by Crippen LogP contribution is 2.37. The lowest BCUT2D eigenvalue weighted by atomic mass is 10.1. The maximum atomic E-state index is 12.5. The van der Waals surface area contributed by atoms with Crippen LogP contribution in [0.1, 0.15) is 45.2 Å². The lowest BCUT2D eigenvalue weighted by Crippen LogP contribution is -2.17. The molecule has 37 heavy (non-hydrogen) atoms. The molecule has 10 heteroatoms. The van der Waals surface area contributed by atoms with E-state index in [1.165, 1.54) is 32.6 Å². The van der Waals surface area contributed by atoms with Gasteiger partial charge in [0.15, 0.2) is 23.0 Å². The third-order valence-electron chi connectivity index (χ3n) is 5.10. The molecule has 0 fully saturated rings. The van der Waals surface area contributed by atoms with Gasteiger partial charge in [-0.25, -0.2) is 10.2 Å². The van der Waals surface area contributed by atoms with E-state index >= 15 is 0 Å². The number of hydrogen-bond acceptors (Lipinski definition) is 7. The molecule has 0 heterocycles. The Morgan fingerprint density at radius 2 is 1.65 bits per heavy atom. The van der Waals surface area contributed by atoms with Gasteiger partial charge in [-0.2, -0.15) is 5.10 Å². The molecule has 194 valence electrons. The fraction of sp³-hybridized carbons (Fsp3) is 0.222. The summed E-state index contributed by atoms with van der Waals surface area (Å²) in [6, 6.07) is 14.8. The van der Waals surface area contributed by atoms with Gasteiger partial charge in [0.25, 0.3) is 5.91 Å². The maximum absolute atomic E-state index is 12.5. The van der Waals surface area contributed by atoms with Crippen molar-refractivity contribution in [2.45, 2.75) is 20.0 Å². The monoisotopic (exact) mass is 570 g/mol. The molecule has 0 unspecified atom stereocenters. The van der Waals surface area contributed by atoms with Crippen molar-refractivity contribution in [1.82, 2.24) is 5.43 Å². The molecule has 0 saturated carbocycles. The molecular formula is C27H27BrN2O7. The number of amides is 1. The van der Waals surface area contributed by atoms with Crippen molar-refractivity contribution in [2.75, 3.05) is 20.8 Å². The van der Waals surface area contributed by atoms with Crippen molar-refractivity contribution in [3.05, 3.63) is 81.3 Å². The summed E-state index contributed by atoms with van der Waals surface area (Å²) < 4.78 is 22.9. The Kier molecular flexibility index (Phi) is 9.91. The van der Waals surface area contributed by atoms with E-state index in [4.69, 9.17) is 24.1 Å². The first kappa shape index (κ1) is 27.5. The molecule has 3 aromatic rings. The van der Waals surface area contributed by atoms with E-state index in [2.05, 4.69) is 26.5 Å². The third-order valence-corrected chi connectivity index (χ3v) is 5.69. The van der Waals surface area contributed by atoms with Gasteiger partial charge in [-0.15, -0.1) is 0 Å². The van der Waals surface area contributed by atoms with Crippen molar-refractivity contribution in [1.29, 1.82) is 0 Å². The summed E-state index contributed by atoms with van der Waals surface area (Å²) >= 11 is 3.48. The number of carboxylic acid groups (broad SMARTS) is 1. The molecule has 1 amide bonds.